The Bertz CT molecular complexity index is 888. The van der Waals surface area contributed by atoms with E-state index < -0.39 is 15.6 Å². The smallest absolute Gasteiger partial charge is 0.248 e. The van der Waals surface area contributed by atoms with E-state index in [2.05, 4.69) is 16.6 Å². The van der Waals surface area contributed by atoms with Crippen molar-refractivity contribution in [3.63, 3.8) is 0 Å². The summed E-state index contributed by atoms with van der Waals surface area (Å²) in [5.74, 6) is 0.406. The molecule has 26 heavy (non-hydrogen) atoms. The standard InChI is InChI=1S/C19H25N3O3S/c1-4-5-11-22-16-12-14(19(20)23)13-17(26(3,24)21-2)18(16)25-15-9-7-6-8-10-15/h6-10,12-13,22H,4-5,11H2,1-3H3,(H2,20,23). The molecule has 0 spiro atoms. The molecule has 6 nitrogen and oxygen atoms in total. The highest BCUT2D eigenvalue weighted by atomic mass is 32.2. The van der Waals surface area contributed by atoms with Crippen LogP contribution in [-0.2, 0) is 9.73 Å². The van der Waals surface area contributed by atoms with Gasteiger partial charge in [0, 0.05) is 25.4 Å². The van der Waals surface area contributed by atoms with Crippen LogP contribution in [0.4, 0.5) is 5.69 Å². The average Bonchev–Trinajstić information content (AvgIpc) is 2.63. The molecule has 2 aromatic rings. The molecule has 1 atom stereocenters. The van der Waals surface area contributed by atoms with Crippen molar-refractivity contribution in [3.05, 3.63) is 48.0 Å². The normalized spacial score (nSPS) is 12.9. The van der Waals surface area contributed by atoms with Crippen LogP contribution in [0.3, 0.4) is 0 Å². The number of para-hydroxylation sites is 1. The van der Waals surface area contributed by atoms with Crippen LogP contribution in [0, 0.1) is 0 Å². The third kappa shape index (κ3) is 4.76. The Morgan fingerprint density at radius 3 is 2.54 bits per heavy atom. The Kier molecular flexibility index (Phi) is 6.63. The zero-order valence-corrected chi connectivity index (χ0v) is 16.1. The van der Waals surface area contributed by atoms with E-state index in [-0.39, 0.29) is 5.56 Å². The summed E-state index contributed by atoms with van der Waals surface area (Å²) >= 11 is 0. The number of nitrogens with one attached hydrogen (secondary N) is 1. The quantitative estimate of drug-likeness (QED) is 0.685. The monoisotopic (exact) mass is 375 g/mol. The number of primary amides is 1. The van der Waals surface area contributed by atoms with Gasteiger partial charge in [-0.05, 0) is 30.7 Å². The van der Waals surface area contributed by atoms with Crippen LogP contribution in [0.15, 0.2) is 51.7 Å². The second-order valence-corrected chi connectivity index (χ2v) is 8.31. The van der Waals surface area contributed by atoms with Crippen molar-refractivity contribution in [2.45, 2.75) is 24.7 Å². The number of nitrogens with zero attached hydrogens (tertiary/aromatic N) is 1. The zero-order chi connectivity index (χ0) is 19.2. The molecule has 0 aliphatic carbocycles. The first-order valence-electron chi connectivity index (χ1n) is 8.44. The van der Waals surface area contributed by atoms with E-state index >= 15 is 0 Å². The maximum Gasteiger partial charge on any atom is 0.248 e. The molecule has 1 unspecified atom stereocenters. The van der Waals surface area contributed by atoms with Gasteiger partial charge in [-0.15, -0.1) is 0 Å². The lowest BCUT2D eigenvalue weighted by atomic mass is 10.1. The van der Waals surface area contributed by atoms with E-state index in [9.17, 15) is 9.00 Å². The molecule has 0 aromatic heterocycles. The molecule has 2 aromatic carbocycles. The Hall–Kier alpha value is -2.54. The van der Waals surface area contributed by atoms with E-state index in [1.165, 1.54) is 19.4 Å². The van der Waals surface area contributed by atoms with Gasteiger partial charge < -0.3 is 15.8 Å². The Morgan fingerprint density at radius 2 is 1.96 bits per heavy atom. The Balaban J connectivity index is 2.65. The maximum atomic E-state index is 13.0. The molecule has 0 radical (unpaired) electrons. The lowest BCUT2D eigenvalue weighted by molar-refractivity contribution is 0.1000. The first-order chi connectivity index (χ1) is 12.4. The lowest BCUT2D eigenvalue weighted by Crippen LogP contribution is -2.14. The van der Waals surface area contributed by atoms with Gasteiger partial charge in [0.15, 0.2) is 5.75 Å². The van der Waals surface area contributed by atoms with Crippen molar-refractivity contribution in [1.29, 1.82) is 0 Å². The van der Waals surface area contributed by atoms with Crippen LogP contribution >= 0.6 is 0 Å². The number of unbranched alkanes of at least 4 members (excludes halogenated alkanes) is 1. The highest BCUT2D eigenvalue weighted by Crippen LogP contribution is 2.38. The largest absolute Gasteiger partial charge is 0.454 e. The SMILES string of the molecule is CCCCNc1cc(C(N)=O)cc(S(C)(=O)=NC)c1Oc1ccccc1. The third-order valence-electron chi connectivity index (χ3n) is 3.90. The number of nitrogens with two attached hydrogens (primary N) is 1. The van der Waals surface area contributed by atoms with Crippen molar-refractivity contribution < 1.29 is 13.7 Å². The fourth-order valence-corrected chi connectivity index (χ4v) is 3.40. The van der Waals surface area contributed by atoms with Gasteiger partial charge in [-0.1, -0.05) is 31.5 Å². The summed E-state index contributed by atoms with van der Waals surface area (Å²) in [4.78, 5) is 12.1. The number of hydrogen-bond donors (Lipinski definition) is 2. The number of benzene rings is 2. The molecule has 3 N–H and O–H groups in total. The van der Waals surface area contributed by atoms with Gasteiger partial charge in [0.25, 0.3) is 0 Å². The topological polar surface area (TPSA) is 93.8 Å². The minimum Gasteiger partial charge on any atom is -0.454 e. The number of rotatable bonds is 8. The number of carbonyl (C=O) groups is 1. The molecule has 0 aliphatic rings. The minimum atomic E-state index is -2.76. The van der Waals surface area contributed by atoms with Crippen molar-refractivity contribution in [2.75, 3.05) is 25.2 Å². The van der Waals surface area contributed by atoms with E-state index in [0.29, 0.717) is 28.6 Å². The second-order valence-electron chi connectivity index (χ2n) is 5.90. The second kappa shape index (κ2) is 8.71. The van der Waals surface area contributed by atoms with Gasteiger partial charge in [-0.3, -0.25) is 4.79 Å². The lowest BCUT2D eigenvalue weighted by Gasteiger charge is -2.19. The van der Waals surface area contributed by atoms with Gasteiger partial charge in [-0.2, -0.15) is 0 Å². The fourth-order valence-electron chi connectivity index (χ4n) is 2.37. The van der Waals surface area contributed by atoms with E-state index in [1.54, 1.807) is 6.07 Å². The summed E-state index contributed by atoms with van der Waals surface area (Å²) in [6, 6.07) is 12.3. The molecule has 0 fully saturated rings. The highest BCUT2D eigenvalue weighted by Gasteiger charge is 2.21. The van der Waals surface area contributed by atoms with Gasteiger partial charge in [0.1, 0.15) is 5.75 Å². The summed E-state index contributed by atoms with van der Waals surface area (Å²) in [7, 11) is -1.27. The molecule has 7 heteroatoms. The summed E-state index contributed by atoms with van der Waals surface area (Å²) in [6.07, 6.45) is 3.47. The summed E-state index contributed by atoms with van der Waals surface area (Å²) in [5, 5.41) is 3.27. The third-order valence-corrected chi connectivity index (χ3v) is 5.72. The molecule has 1 amide bonds. The highest BCUT2D eigenvalue weighted by molar-refractivity contribution is 7.93. The van der Waals surface area contributed by atoms with Crippen LogP contribution in [-0.4, -0.2) is 30.0 Å². The van der Waals surface area contributed by atoms with Gasteiger partial charge in [0.2, 0.25) is 5.91 Å². The van der Waals surface area contributed by atoms with Crippen molar-refractivity contribution in [3.8, 4) is 11.5 Å². The van der Waals surface area contributed by atoms with E-state index in [0.717, 1.165) is 12.8 Å². The number of carbonyl (C=O) groups excluding carboxylic acids is 1. The molecule has 0 aliphatic heterocycles. The molecular formula is C19H25N3O3S. The van der Waals surface area contributed by atoms with Crippen molar-refractivity contribution in [2.24, 2.45) is 10.1 Å². The molecule has 140 valence electrons. The number of ether oxygens (including phenoxy) is 1. The summed E-state index contributed by atoms with van der Waals surface area (Å²) in [5.41, 5.74) is 6.30. The van der Waals surface area contributed by atoms with Crippen LogP contribution in [0.1, 0.15) is 30.1 Å². The predicted molar refractivity (Wildman–Crippen MR) is 106 cm³/mol. The molecule has 0 bridgehead atoms. The van der Waals surface area contributed by atoms with Gasteiger partial charge in [0.05, 0.1) is 20.3 Å². The first kappa shape index (κ1) is 19.8. The predicted octanol–water partition coefficient (Wildman–Crippen LogP) is 3.88. The van der Waals surface area contributed by atoms with Gasteiger partial charge >= 0.3 is 0 Å². The Labute approximate surface area is 154 Å². The maximum absolute atomic E-state index is 13.0. The molecular weight excluding hydrogens is 350 g/mol. The van der Waals surface area contributed by atoms with Crippen LogP contribution < -0.4 is 15.8 Å². The Morgan fingerprint density at radius 1 is 1.27 bits per heavy atom. The molecule has 2 rings (SSSR count). The van der Waals surface area contributed by atoms with Gasteiger partial charge in [-0.25, -0.2) is 8.57 Å². The van der Waals surface area contributed by atoms with Crippen molar-refractivity contribution >= 4 is 21.3 Å². The van der Waals surface area contributed by atoms with Crippen molar-refractivity contribution in [1.82, 2.24) is 0 Å². The van der Waals surface area contributed by atoms with Crippen LogP contribution in [0.25, 0.3) is 0 Å². The van der Waals surface area contributed by atoms with Crippen LogP contribution in [0.5, 0.6) is 11.5 Å². The van der Waals surface area contributed by atoms with E-state index in [4.69, 9.17) is 10.5 Å². The zero-order valence-electron chi connectivity index (χ0n) is 15.3. The summed E-state index contributed by atoms with van der Waals surface area (Å²) in [6.45, 7) is 2.78. The van der Waals surface area contributed by atoms with E-state index in [1.807, 2.05) is 30.3 Å². The molecule has 0 heterocycles. The van der Waals surface area contributed by atoms with Crippen LogP contribution in [0.2, 0.25) is 0 Å². The molecule has 0 saturated carbocycles. The summed E-state index contributed by atoms with van der Waals surface area (Å²) < 4.78 is 23.0. The first-order valence-corrected chi connectivity index (χ1v) is 10.4. The molecule has 0 saturated heterocycles. The number of anilines is 1. The number of amides is 1. The number of hydrogen-bond acceptors (Lipinski definition) is 5. The fraction of sp³-hybridized carbons (Fsp3) is 0.316. The average molecular weight is 375 g/mol. The minimum absolute atomic E-state index is 0.262.